The van der Waals surface area contributed by atoms with Crippen LogP contribution >= 0.6 is 0 Å². The molecule has 0 unspecified atom stereocenters. The number of fused-ring (bicyclic) bond motifs is 4. The third kappa shape index (κ3) is 4.59. The Labute approximate surface area is 212 Å². The lowest BCUT2D eigenvalue weighted by atomic mass is 10.0. The lowest BCUT2D eigenvalue weighted by Crippen LogP contribution is -2.46. The predicted molar refractivity (Wildman–Crippen MR) is 147 cm³/mol. The van der Waals surface area contributed by atoms with Crippen molar-refractivity contribution in [3.05, 3.63) is 95.8 Å². The largest absolute Gasteiger partial charge is 0.368 e. The quantitative estimate of drug-likeness (QED) is 0.331. The number of carbonyl (C=O) groups excluding carboxylic acids is 1. The Morgan fingerprint density at radius 3 is 2.64 bits per heavy atom. The molecule has 3 aromatic carbocycles. The fraction of sp³-hybridized carbons (Fsp3) is 0.290. The highest BCUT2D eigenvalue weighted by Gasteiger charge is 2.20. The Hall–Kier alpha value is -3.70. The summed E-state index contributed by atoms with van der Waals surface area (Å²) in [4.78, 5) is 22.1. The summed E-state index contributed by atoms with van der Waals surface area (Å²) in [6.45, 7) is 6.01. The predicted octanol–water partition coefficient (Wildman–Crippen LogP) is 5.14. The van der Waals surface area contributed by atoms with Crippen molar-refractivity contribution in [2.24, 2.45) is 0 Å². The summed E-state index contributed by atoms with van der Waals surface area (Å²) in [6.07, 6.45) is 6.84. The first kappa shape index (κ1) is 22.7. The zero-order chi connectivity index (χ0) is 24.3. The average Bonchev–Trinajstić information content (AvgIpc) is 3.31. The molecule has 5 nitrogen and oxygen atoms in total. The molecule has 182 valence electrons. The second-order valence-electron chi connectivity index (χ2n) is 9.87. The van der Waals surface area contributed by atoms with Gasteiger partial charge in [-0.1, -0.05) is 42.5 Å². The maximum atomic E-state index is 12.7. The summed E-state index contributed by atoms with van der Waals surface area (Å²) in [7, 11) is 0. The molecule has 0 atom stereocenters. The van der Waals surface area contributed by atoms with Crippen LogP contribution in [-0.4, -0.2) is 55.1 Å². The highest BCUT2D eigenvalue weighted by Crippen LogP contribution is 2.36. The standard InChI is InChI=1S/C31H32N4O/c36-31(25-10-11-28-26(21-25)20-24-6-1-2-8-27(24)28)33-13-3-4-15-34-16-18-35(19-17-34)30-9-5-7-23-12-14-32-22-29(23)30/h1-2,5-12,14,21-22H,3-4,13,15-20H2,(H,33,36). The Morgan fingerprint density at radius 2 is 1.72 bits per heavy atom. The molecule has 6 rings (SSSR count). The average molecular weight is 477 g/mol. The smallest absolute Gasteiger partial charge is 0.251 e. The van der Waals surface area contributed by atoms with Crippen LogP contribution in [-0.2, 0) is 6.42 Å². The first-order valence-electron chi connectivity index (χ1n) is 13.1. The van der Waals surface area contributed by atoms with E-state index in [-0.39, 0.29) is 5.91 Å². The van der Waals surface area contributed by atoms with Crippen molar-refractivity contribution in [3.8, 4) is 11.1 Å². The molecular weight excluding hydrogens is 444 g/mol. The minimum atomic E-state index is 0.0342. The van der Waals surface area contributed by atoms with Gasteiger partial charge in [-0.15, -0.1) is 0 Å². The van der Waals surface area contributed by atoms with Gasteiger partial charge in [-0.25, -0.2) is 0 Å². The summed E-state index contributed by atoms with van der Waals surface area (Å²) in [6, 6.07) is 23.2. The van der Waals surface area contributed by atoms with Crippen molar-refractivity contribution in [2.45, 2.75) is 19.3 Å². The van der Waals surface area contributed by atoms with E-state index in [0.29, 0.717) is 0 Å². The van der Waals surface area contributed by atoms with Crippen molar-refractivity contribution in [2.75, 3.05) is 44.2 Å². The molecule has 0 radical (unpaired) electrons. The highest BCUT2D eigenvalue weighted by atomic mass is 16.1. The molecule has 4 aromatic rings. The summed E-state index contributed by atoms with van der Waals surface area (Å²) in [5.41, 5.74) is 7.22. The van der Waals surface area contributed by atoms with E-state index in [1.807, 2.05) is 18.5 Å². The number of unbranched alkanes of at least 4 members (excludes halogenated alkanes) is 1. The summed E-state index contributed by atoms with van der Waals surface area (Å²) >= 11 is 0. The van der Waals surface area contributed by atoms with Crippen LogP contribution in [0.3, 0.4) is 0 Å². The first-order chi connectivity index (χ1) is 17.8. The van der Waals surface area contributed by atoms with Crippen molar-refractivity contribution in [3.63, 3.8) is 0 Å². The molecule has 1 N–H and O–H groups in total. The number of hydrogen-bond acceptors (Lipinski definition) is 4. The number of anilines is 1. The van der Waals surface area contributed by atoms with Gasteiger partial charge in [-0.05, 0) is 77.7 Å². The van der Waals surface area contributed by atoms with E-state index in [1.165, 1.54) is 38.7 Å². The van der Waals surface area contributed by atoms with E-state index < -0.39 is 0 Å². The molecule has 2 heterocycles. The Morgan fingerprint density at radius 1 is 0.861 bits per heavy atom. The number of pyridine rings is 1. The minimum absolute atomic E-state index is 0.0342. The molecule has 1 aliphatic heterocycles. The van der Waals surface area contributed by atoms with Crippen LogP contribution in [0.1, 0.15) is 34.3 Å². The normalized spacial score (nSPS) is 15.1. The number of carbonyl (C=O) groups is 1. The van der Waals surface area contributed by atoms with E-state index in [9.17, 15) is 4.79 Å². The van der Waals surface area contributed by atoms with Crippen molar-refractivity contribution >= 4 is 22.4 Å². The van der Waals surface area contributed by atoms with E-state index in [4.69, 9.17) is 0 Å². The second-order valence-corrected chi connectivity index (χ2v) is 9.87. The Kier molecular flexibility index (Phi) is 6.39. The number of aromatic nitrogens is 1. The molecule has 1 amide bonds. The number of amides is 1. The Balaban J connectivity index is 0.937. The number of nitrogens with zero attached hydrogens (tertiary/aromatic N) is 3. The molecule has 1 fully saturated rings. The minimum Gasteiger partial charge on any atom is -0.368 e. The number of benzene rings is 3. The number of nitrogens with one attached hydrogen (secondary N) is 1. The van der Waals surface area contributed by atoms with Crippen LogP contribution in [0.15, 0.2) is 79.1 Å². The highest BCUT2D eigenvalue weighted by molar-refractivity contribution is 5.96. The molecule has 36 heavy (non-hydrogen) atoms. The lowest BCUT2D eigenvalue weighted by molar-refractivity contribution is 0.0952. The third-order valence-corrected chi connectivity index (χ3v) is 7.62. The molecule has 0 bridgehead atoms. The van der Waals surface area contributed by atoms with Gasteiger partial charge in [-0.3, -0.25) is 14.7 Å². The van der Waals surface area contributed by atoms with Crippen LogP contribution in [0, 0.1) is 0 Å². The van der Waals surface area contributed by atoms with Crippen molar-refractivity contribution < 1.29 is 4.79 Å². The fourth-order valence-electron chi connectivity index (χ4n) is 5.64. The van der Waals surface area contributed by atoms with Crippen LogP contribution in [0.4, 0.5) is 5.69 Å². The van der Waals surface area contributed by atoms with Gasteiger partial charge in [0.2, 0.25) is 0 Å². The number of hydrogen-bond donors (Lipinski definition) is 1. The summed E-state index contributed by atoms with van der Waals surface area (Å²) in [5, 5.41) is 5.60. The van der Waals surface area contributed by atoms with Gasteiger partial charge in [0.05, 0.1) is 0 Å². The number of rotatable bonds is 7. The van der Waals surface area contributed by atoms with Gasteiger partial charge < -0.3 is 10.2 Å². The fourth-order valence-corrected chi connectivity index (χ4v) is 5.64. The van der Waals surface area contributed by atoms with Gasteiger partial charge in [0.15, 0.2) is 0 Å². The van der Waals surface area contributed by atoms with Crippen LogP contribution in [0.5, 0.6) is 0 Å². The molecule has 1 aromatic heterocycles. The van der Waals surface area contributed by atoms with Gasteiger partial charge in [-0.2, -0.15) is 0 Å². The van der Waals surface area contributed by atoms with Crippen LogP contribution < -0.4 is 10.2 Å². The van der Waals surface area contributed by atoms with E-state index in [1.54, 1.807) is 0 Å². The monoisotopic (exact) mass is 476 g/mol. The van der Waals surface area contributed by atoms with Crippen molar-refractivity contribution in [1.29, 1.82) is 0 Å². The maximum absolute atomic E-state index is 12.7. The molecule has 1 saturated heterocycles. The van der Waals surface area contributed by atoms with E-state index in [2.05, 4.69) is 80.8 Å². The van der Waals surface area contributed by atoms with Gasteiger partial charge >= 0.3 is 0 Å². The molecule has 0 saturated carbocycles. The summed E-state index contributed by atoms with van der Waals surface area (Å²) in [5.74, 6) is 0.0342. The molecule has 0 spiro atoms. The van der Waals surface area contributed by atoms with Gasteiger partial charge in [0.25, 0.3) is 5.91 Å². The second kappa shape index (κ2) is 10.1. The van der Waals surface area contributed by atoms with E-state index in [0.717, 1.165) is 64.1 Å². The number of piperazine rings is 1. The van der Waals surface area contributed by atoms with Gasteiger partial charge in [0, 0.05) is 61.8 Å². The maximum Gasteiger partial charge on any atom is 0.251 e. The molecule has 1 aliphatic carbocycles. The lowest BCUT2D eigenvalue weighted by Gasteiger charge is -2.36. The molecule has 5 heteroatoms. The van der Waals surface area contributed by atoms with Gasteiger partial charge in [0.1, 0.15) is 0 Å². The SMILES string of the molecule is O=C(NCCCCN1CCN(c2cccc3ccncc23)CC1)c1ccc2c(c1)Cc1ccccc1-2. The first-order valence-corrected chi connectivity index (χ1v) is 13.1. The summed E-state index contributed by atoms with van der Waals surface area (Å²) < 4.78 is 0. The van der Waals surface area contributed by atoms with Crippen LogP contribution in [0.25, 0.3) is 21.9 Å². The third-order valence-electron chi connectivity index (χ3n) is 7.62. The van der Waals surface area contributed by atoms with E-state index >= 15 is 0 Å². The van der Waals surface area contributed by atoms with Crippen LogP contribution in [0.2, 0.25) is 0 Å². The molecular formula is C31H32N4O. The molecule has 2 aliphatic rings. The van der Waals surface area contributed by atoms with Crippen molar-refractivity contribution in [1.82, 2.24) is 15.2 Å². The zero-order valence-electron chi connectivity index (χ0n) is 20.6. The zero-order valence-corrected chi connectivity index (χ0v) is 20.6. The topological polar surface area (TPSA) is 48.5 Å². The Bertz CT molecular complexity index is 1390.